The van der Waals surface area contributed by atoms with Crippen molar-refractivity contribution in [3.8, 4) is 0 Å². The first-order valence-electron chi connectivity index (χ1n) is 4.09. The van der Waals surface area contributed by atoms with Gasteiger partial charge in [-0.15, -0.1) is 12.4 Å². The number of rotatable bonds is 0. The number of hydrogen-bond donors (Lipinski definition) is 1. The molecule has 1 spiro atoms. The Morgan fingerprint density at radius 2 is 1.60 bits per heavy atom. The summed E-state index contributed by atoms with van der Waals surface area (Å²) < 4.78 is 0. The fraction of sp³-hybridized carbons (Fsp3) is 1.00. The highest BCUT2D eigenvalue weighted by atomic mass is 35.5. The normalized spacial score (nSPS) is 35.1. The molecule has 2 rings (SSSR count). The average molecular weight is 162 g/mol. The van der Waals surface area contributed by atoms with Crippen molar-refractivity contribution in [1.29, 1.82) is 0 Å². The fourth-order valence-electron chi connectivity index (χ4n) is 2.21. The van der Waals surface area contributed by atoms with E-state index in [1.165, 1.54) is 38.5 Å². The Morgan fingerprint density at radius 1 is 1.10 bits per heavy atom. The summed E-state index contributed by atoms with van der Waals surface area (Å²) in [4.78, 5) is 0. The molecule has 0 amide bonds. The van der Waals surface area contributed by atoms with Gasteiger partial charge in [0.05, 0.1) is 0 Å². The van der Waals surface area contributed by atoms with E-state index in [-0.39, 0.29) is 12.4 Å². The quantitative estimate of drug-likeness (QED) is 0.579. The first-order valence-corrected chi connectivity index (χ1v) is 4.09. The van der Waals surface area contributed by atoms with Crippen molar-refractivity contribution < 1.29 is 0 Å². The Hall–Kier alpha value is 0.250. The van der Waals surface area contributed by atoms with Crippen LogP contribution in [-0.2, 0) is 0 Å². The van der Waals surface area contributed by atoms with Crippen molar-refractivity contribution in [2.75, 3.05) is 0 Å². The predicted molar refractivity (Wildman–Crippen MR) is 45.4 cm³/mol. The van der Waals surface area contributed by atoms with Gasteiger partial charge in [-0.25, -0.2) is 0 Å². The third-order valence-corrected chi connectivity index (χ3v) is 3.10. The third kappa shape index (κ3) is 1.17. The molecule has 0 aliphatic heterocycles. The van der Waals surface area contributed by atoms with Gasteiger partial charge in [0, 0.05) is 6.04 Å². The molecule has 1 unspecified atom stereocenters. The Bertz CT molecular complexity index is 118. The molecule has 0 bridgehead atoms. The van der Waals surface area contributed by atoms with Crippen molar-refractivity contribution in [1.82, 2.24) is 0 Å². The zero-order chi connectivity index (χ0) is 6.32. The third-order valence-electron chi connectivity index (χ3n) is 3.10. The molecule has 0 heterocycles. The summed E-state index contributed by atoms with van der Waals surface area (Å²) in [7, 11) is 0. The molecule has 2 heteroatoms. The maximum Gasteiger partial charge on any atom is 0.0102 e. The van der Waals surface area contributed by atoms with E-state index in [9.17, 15) is 0 Å². The van der Waals surface area contributed by atoms with Crippen LogP contribution in [0.3, 0.4) is 0 Å². The molecule has 1 atom stereocenters. The number of hydrogen-bond acceptors (Lipinski definition) is 1. The molecule has 0 aromatic carbocycles. The Kier molecular flexibility index (Phi) is 2.26. The molecule has 0 aromatic rings. The lowest BCUT2D eigenvalue weighted by atomic mass is 9.86. The average Bonchev–Trinajstić information content (AvgIpc) is 2.44. The van der Waals surface area contributed by atoms with Crippen LogP contribution < -0.4 is 5.73 Å². The van der Waals surface area contributed by atoms with Crippen molar-refractivity contribution in [3.63, 3.8) is 0 Å². The minimum Gasteiger partial charge on any atom is -0.327 e. The summed E-state index contributed by atoms with van der Waals surface area (Å²) in [5.41, 5.74) is 6.50. The molecule has 60 valence electrons. The standard InChI is InChI=1S/C8H15N.ClH/c9-7-6-8(7)4-2-1-3-5-8;/h7H,1-6,9H2;1H. The monoisotopic (exact) mass is 161 g/mol. The van der Waals surface area contributed by atoms with Crippen LogP contribution in [0.2, 0.25) is 0 Å². The van der Waals surface area contributed by atoms with E-state index in [0.717, 1.165) is 0 Å². The molecular formula is C8H16ClN. The topological polar surface area (TPSA) is 26.0 Å². The second-order valence-corrected chi connectivity index (χ2v) is 3.73. The van der Waals surface area contributed by atoms with Crippen LogP contribution in [0, 0.1) is 5.41 Å². The summed E-state index contributed by atoms with van der Waals surface area (Å²) in [5.74, 6) is 0. The van der Waals surface area contributed by atoms with Gasteiger partial charge in [-0.05, 0) is 24.7 Å². The summed E-state index contributed by atoms with van der Waals surface area (Å²) >= 11 is 0. The Morgan fingerprint density at radius 3 is 1.90 bits per heavy atom. The maximum atomic E-state index is 5.83. The first-order chi connectivity index (χ1) is 4.33. The van der Waals surface area contributed by atoms with Crippen LogP contribution >= 0.6 is 12.4 Å². The molecule has 2 saturated carbocycles. The van der Waals surface area contributed by atoms with Gasteiger partial charge in [-0.3, -0.25) is 0 Å². The minimum atomic E-state index is 0. The molecule has 2 aliphatic carbocycles. The van der Waals surface area contributed by atoms with E-state index >= 15 is 0 Å². The van der Waals surface area contributed by atoms with E-state index in [1.54, 1.807) is 0 Å². The van der Waals surface area contributed by atoms with Gasteiger partial charge in [-0.1, -0.05) is 19.3 Å². The Labute approximate surface area is 68.8 Å². The van der Waals surface area contributed by atoms with E-state index in [4.69, 9.17) is 5.73 Å². The first kappa shape index (κ1) is 8.35. The zero-order valence-electron chi connectivity index (χ0n) is 6.31. The van der Waals surface area contributed by atoms with Gasteiger partial charge in [0.15, 0.2) is 0 Å². The van der Waals surface area contributed by atoms with Crippen LogP contribution in [0.4, 0.5) is 0 Å². The lowest BCUT2D eigenvalue weighted by Gasteiger charge is -2.20. The number of halogens is 1. The largest absolute Gasteiger partial charge is 0.327 e. The highest BCUT2D eigenvalue weighted by molar-refractivity contribution is 5.85. The molecular weight excluding hydrogens is 146 g/mol. The molecule has 0 aromatic heterocycles. The van der Waals surface area contributed by atoms with Crippen LogP contribution in [0.15, 0.2) is 0 Å². The van der Waals surface area contributed by atoms with Gasteiger partial charge in [0.1, 0.15) is 0 Å². The van der Waals surface area contributed by atoms with Crippen molar-refractivity contribution >= 4 is 12.4 Å². The Balaban J connectivity index is 0.000000500. The second-order valence-electron chi connectivity index (χ2n) is 3.73. The van der Waals surface area contributed by atoms with Crippen LogP contribution in [0.25, 0.3) is 0 Å². The van der Waals surface area contributed by atoms with Crippen molar-refractivity contribution in [2.24, 2.45) is 11.1 Å². The van der Waals surface area contributed by atoms with E-state index < -0.39 is 0 Å². The molecule has 1 nitrogen and oxygen atoms in total. The summed E-state index contributed by atoms with van der Waals surface area (Å²) in [5, 5.41) is 0. The molecule has 2 N–H and O–H groups in total. The maximum absolute atomic E-state index is 5.83. The smallest absolute Gasteiger partial charge is 0.0102 e. The lowest BCUT2D eigenvalue weighted by Crippen LogP contribution is -2.16. The van der Waals surface area contributed by atoms with Gasteiger partial charge in [0.2, 0.25) is 0 Å². The molecule has 0 saturated heterocycles. The van der Waals surface area contributed by atoms with Crippen LogP contribution in [0.1, 0.15) is 38.5 Å². The fourth-order valence-corrected chi connectivity index (χ4v) is 2.21. The zero-order valence-corrected chi connectivity index (χ0v) is 7.12. The molecule has 2 aliphatic rings. The summed E-state index contributed by atoms with van der Waals surface area (Å²) in [6.07, 6.45) is 8.51. The van der Waals surface area contributed by atoms with Gasteiger partial charge in [0.25, 0.3) is 0 Å². The molecule has 10 heavy (non-hydrogen) atoms. The van der Waals surface area contributed by atoms with E-state index in [1.807, 2.05) is 0 Å². The van der Waals surface area contributed by atoms with Crippen molar-refractivity contribution in [3.05, 3.63) is 0 Å². The highest BCUT2D eigenvalue weighted by Gasteiger charge is 2.51. The van der Waals surface area contributed by atoms with E-state index in [0.29, 0.717) is 11.5 Å². The molecule has 0 radical (unpaired) electrons. The van der Waals surface area contributed by atoms with Crippen LogP contribution in [0.5, 0.6) is 0 Å². The predicted octanol–water partition coefficient (Wildman–Crippen LogP) is 2.09. The lowest BCUT2D eigenvalue weighted by molar-refractivity contribution is 0.326. The van der Waals surface area contributed by atoms with Crippen molar-refractivity contribution in [2.45, 2.75) is 44.6 Å². The van der Waals surface area contributed by atoms with Gasteiger partial charge in [-0.2, -0.15) is 0 Å². The SMILES string of the molecule is Cl.NC1CC12CCCCC2. The number of nitrogens with two attached hydrogens (primary N) is 1. The van der Waals surface area contributed by atoms with Gasteiger partial charge >= 0.3 is 0 Å². The van der Waals surface area contributed by atoms with Crippen LogP contribution in [-0.4, -0.2) is 6.04 Å². The minimum absolute atomic E-state index is 0. The summed E-state index contributed by atoms with van der Waals surface area (Å²) in [6.45, 7) is 0. The second kappa shape index (κ2) is 2.71. The molecule has 2 fully saturated rings. The van der Waals surface area contributed by atoms with E-state index in [2.05, 4.69) is 0 Å². The highest BCUT2D eigenvalue weighted by Crippen LogP contribution is 2.54. The summed E-state index contributed by atoms with van der Waals surface area (Å²) in [6, 6.07) is 0.581. The van der Waals surface area contributed by atoms with Gasteiger partial charge < -0.3 is 5.73 Å².